The number of carbonyl (C=O) groups is 2. The van der Waals surface area contributed by atoms with Gasteiger partial charge in [-0.05, 0) is 66.1 Å². The average molecular weight is 687 g/mol. The van der Waals surface area contributed by atoms with Crippen LogP contribution in [0.3, 0.4) is 0 Å². The van der Waals surface area contributed by atoms with E-state index in [0.717, 1.165) is 22.7 Å². The van der Waals surface area contributed by atoms with Crippen LogP contribution < -0.4 is 9.62 Å². The molecule has 4 rings (SSSR count). The van der Waals surface area contributed by atoms with Gasteiger partial charge in [-0.2, -0.15) is 0 Å². The first-order valence-corrected chi connectivity index (χ1v) is 17.1. The van der Waals surface area contributed by atoms with Gasteiger partial charge in [-0.3, -0.25) is 13.9 Å². The van der Waals surface area contributed by atoms with Crippen molar-refractivity contribution >= 4 is 62.3 Å². The van der Waals surface area contributed by atoms with Crippen molar-refractivity contribution in [3.05, 3.63) is 129 Å². The fourth-order valence-electron chi connectivity index (χ4n) is 4.75. The van der Waals surface area contributed by atoms with Gasteiger partial charge in [0.05, 0.1) is 20.6 Å². The Hall–Kier alpha value is -3.56. The number of sulfonamides is 1. The topological polar surface area (TPSA) is 86.8 Å². The zero-order valence-electron chi connectivity index (χ0n) is 24.7. The van der Waals surface area contributed by atoms with E-state index in [1.165, 1.54) is 29.2 Å². The molecule has 0 aliphatic carbocycles. The van der Waals surface area contributed by atoms with E-state index < -0.39 is 28.5 Å². The molecule has 0 heterocycles. The Kier molecular flexibility index (Phi) is 12.3. The lowest BCUT2D eigenvalue weighted by Gasteiger charge is -2.34. The Balaban J connectivity index is 1.78. The number of nitrogens with one attached hydrogen (secondary N) is 1. The number of nitrogens with zero attached hydrogens (tertiary/aromatic N) is 2. The molecule has 4 aromatic rings. The summed E-state index contributed by atoms with van der Waals surface area (Å²) >= 11 is 18.5. The number of para-hydroxylation sites is 1. The maximum Gasteiger partial charge on any atom is 0.264 e. The Morgan fingerprint density at radius 1 is 0.800 bits per heavy atom. The lowest BCUT2D eigenvalue weighted by atomic mass is 10.0. The number of benzene rings is 4. The van der Waals surface area contributed by atoms with Crippen molar-refractivity contribution in [3.8, 4) is 0 Å². The Morgan fingerprint density at radius 2 is 1.44 bits per heavy atom. The van der Waals surface area contributed by atoms with Crippen LogP contribution >= 0.6 is 34.8 Å². The number of hydrogen-bond donors (Lipinski definition) is 1. The van der Waals surface area contributed by atoms with E-state index in [0.29, 0.717) is 32.9 Å². The molecule has 0 aliphatic heterocycles. The molecule has 1 N–H and O–H groups in total. The fraction of sp³-hybridized carbons (Fsp3) is 0.235. The second-order valence-electron chi connectivity index (χ2n) is 10.4. The molecule has 0 aromatic heterocycles. The van der Waals surface area contributed by atoms with Gasteiger partial charge < -0.3 is 10.2 Å². The van der Waals surface area contributed by atoms with Crippen molar-refractivity contribution in [1.82, 2.24) is 10.2 Å². The molecule has 0 spiro atoms. The summed E-state index contributed by atoms with van der Waals surface area (Å²) in [5.74, 6) is -0.915. The van der Waals surface area contributed by atoms with Crippen LogP contribution in [0.2, 0.25) is 15.1 Å². The third-order valence-electron chi connectivity index (χ3n) is 7.16. The van der Waals surface area contributed by atoms with Crippen LogP contribution in [0.1, 0.15) is 30.9 Å². The van der Waals surface area contributed by atoms with Gasteiger partial charge >= 0.3 is 0 Å². The van der Waals surface area contributed by atoms with Crippen LogP contribution in [-0.4, -0.2) is 44.3 Å². The van der Waals surface area contributed by atoms with Crippen molar-refractivity contribution < 1.29 is 18.0 Å². The first-order chi connectivity index (χ1) is 21.6. The van der Waals surface area contributed by atoms with Crippen LogP contribution in [0.4, 0.5) is 5.69 Å². The molecule has 0 bridgehead atoms. The van der Waals surface area contributed by atoms with Crippen LogP contribution in [0.15, 0.2) is 108 Å². The molecule has 0 aliphatic rings. The molecule has 0 radical (unpaired) electrons. The van der Waals surface area contributed by atoms with Crippen LogP contribution in [0, 0.1) is 0 Å². The summed E-state index contributed by atoms with van der Waals surface area (Å²) in [7, 11) is -4.22. The van der Waals surface area contributed by atoms with E-state index in [1.807, 2.05) is 37.3 Å². The number of amides is 2. The van der Waals surface area contributed by atoms with Crippen molar-refractivity contribution in [2.75, 3.05) is 17.4 Å². The minimum absolute atomic E-state index is 0.0158. The zero-order valence-corrected chi connectivity index (χ0v) is 27.8. The van der Waals surface area contributed by atoms with Crippen molar-refractivity contribution in [3.63, 3.8) is 0 Å². The van der Waals surface area contributed by atoms with Crippen LogP contribution in [0.25, 0.3) is 0 Å². The van der Waals surface area contributed by atoms with Crippen molar-refractivity contribution in [2.24, 2.45) is 0 Å². The number of halogens is 3. The van der Waals surface area contributed by atoms with E-state index in [4.69, 9.17) is 34.8 Å². The number of hydrogen-bond acceptors (Lipinski definition) is 4. The van der Waals surface area contributed by atoms with E-state index >= 15 is 0 Å². The summed E-state index contributed by atoms with van der Waals surface area (Å²) in [6.07, 6.45) is 1.86. The normalized spacial score (nSPS) is 11.9. The first kappa shape index (κ1) is 34.3. The molecule has 0 fully saturated rings. The highest BCUT2D eigenvalue weighted by Gasteiger charge is 2.34. The summed E-state index contributed by atoms with van der Waals surface area (Å²) in [5, 5.41) is 3.99. The molecule has 45 heavy (non-hydrogen) atoms. The molecule has 4 aromatic carbocycles. The summed E-state index contributed by atoms with van der Waals surface area (Å²) < 4.78 is 29.1. The lowest BCUT2D eigenvalue weighted by molar-refractivity contribution is -0.140. The Morgan fingerprint density at radius 3 is 2.07 bits per heavy atom. The summed E-state index contributed by atoms with van der Waals surface area (Å²) in [6.45, 7) is 1.88. The fourth-order valence-corrected chi connectivity index (χ4v) is 6.61. The second kappa shape index (κ2) is 16.1. The lowest BCUT2D eigenvalue weighted by Crippen LogP contribution is -2.53. The molecule has 0 saturated carbocycles. The Bertz CT molecular complexity index is 1690. The quantitative estimate of drug-likeness (QED) is 0.140. The van der Waals surface area contributed by atoms with Crippen molar-refractivity contribution in [1.29, 1.82) is 0 Å². The standard InChI is InChI=1S/C34H34Cl3N3O4S/c1-2-3-20-38-34(42)32(22-25-10-6-4-7-11-25)39(23-26-14-19-30(36)31(37)21-26)33(41)24-40(28-12-8-5-9-13-28)45(43,44)29-17-15-27(35)16-18-29/h4-19,21,32H,2-3,20,22-24H2,1H3,(H,38,42). The van der Waals surface area contributed by atoms with Crippen molar-refractivity contribution in [2.45, 2.75) is 43.7 Å². The first-order valence-electron chi connectivity index (χ1n) is 14.5. The van der Waals surface area contributed by atoms with Gasteiger partial charge in [0.2, 0.25) is 11.8 Å². The number of rotatable bonds is 14. The third kappa shape index (κ3) is 9.23. The number of anilines is 1. The maximum absolute atomic E-state index is 14.4. The minimum Gasteiger partial charge on any atom is -0.354 e. The zero-order chi connectivity index (χ0) is 32.4. The second-order valence-corrected chi connectivity index (χ2v) is 13.5. The molecular formula is C34H34Cl3N3O4S. The third-order valence-corrected chi connectivity index (χ3v) is 9.94. The van der Waals surface area contributed by atoms with Gasteiger partial charge in [0.1, 0.15) is 12.6 Å². The molecule has 236 valence electrons. The van der Waals surface area contributed by atoms with Gasteiger partial charge in [0, 0.05) is 24.5 Å². The maximum atomic E-state index is 14.4. The van der Waals surface area contributed by atoms with E-state index in [9.17, 15) is 18.0 Å². The van der Waals surface area contributed by atoms with Crippen LogP contribution in [-0.2, 0) is 32.6 Å². The number of unbranched alkanes of at least 4 members (excludes halogenated alkanes) is 1. The summed E-state index contributed by atoms with van der Waals surface area (Å²) in [4.78, 5) is 29.6. The van der Waals surface area contributed by atoms with Gasteiger partial charge in [0.15, 0.2) is 0 Å². The molecule has 7 nitrogen and oxygen atoms in total. The SMILES string of the molecule is CCCCNC(=O)C(Cc1ccccc1)N(Cc1ccc(Cl)c(Cl)c1)C(=O)CN(c1ccccc1)S(=O)(=O)c1ccc(Cl)cc1. The van der Waals surface area contributed by atoms with E-state index in [2.05, 4.69) is 5.32 Å². The summed E-state index contributed by atoms with van der Waals surface area (Å²) in [5.41, 5.74) is 1.76. The minimum atomic E-state index is -4.22. The predicted molar refractivity (Wildman–Crippen MR) is 181 cm³/mol. The molecule has 11 heteroatoms. The highest BCUT2D eigenvalue weighted by Crippen LogP contribution is 2.27. The van der Waals surface area contributed by atoms with E-state index in [-0.39, 0.29) is 23.8 Å². The average Bonchev–Trinajstić information content (AvgIpc) is 3.04. The molecule has 1 unspecified atom stereocenters. The molecule has 0 saturated heterocycles. The smallest absolute Gasteiger partial charge is 0.264 e. The van der Waals surface area contributed by atoms with Gasteiger partial charge in [0.25, 0.3) is 10.0 Å². The predicted octanol–water partition coefficient (Wildman–Crippen LogP) is 7.40. The molecule has 2 amide bonds. The summed E-state index contributed by atoms with van der Waals surface area (Å²) in [6, 6.07) is 27.5. The monoisotopic (exact) mass is 685 g/mol. The van der Waals surface area contributed by atoms with Crippen LogP contribution in [0.5, 0.6) is 0 Å². The van der Waals surface area contributed by atoms with Gasteiger partial charge in [-0.25, -0.2) is 8.42 Å². The van der Waals surface area contributed by atoms with E-state index in [1.54, 1.807) is 48.5 Å². The highest BCUT2D eigenvalue weighted by molar-refractivity contribution is 7.92. The molecular weight excluding hydrogens is 653 g/mol. The Labute approximate surface area is 279 Å². The number of carbonyl (C=O) groups excluding carboxylic acids is 2. The van der Waals surface area contributed by atoms with Gasteiger partial charge in [-0.1, -0.05) is 103 Å². The molecule has 1 atom stereocenters. The highest BCUT2D eigenvalue weighted by atomic mass is 35.5. The van der Waals surface area contributed by atoms with Gasteiger partial charge in [-0.15, -0.1) is 0 Å². The largest absolute Gasteiger partial charge is 0.354 e.